The number of aliphatic hydroxyl groups excluding tert-OH is 5. The molecular weight excluding hydrogens is 852 g/mol. The Labute approximate surface area is 390 Å². The molecule has 0 amide bonds. The van der Waals surface area contributed by atoms with Crippen molar-refractivity contribution in [2.24, 2.45) is 0 Å². The fraction of sp³-hybridized carbons (Fsp3) is 0.686. The first-order valence-corrected chi connectivity index (χ1v) is 25.9. The smallest absolute Gasteiger partial charge is 0.462 e. The lowest BCUT2D eigenvalue weighted by atomic mass is 9.85. The zero-order chi connectivity index (χ0) is 47.8. The van der Waals surface area contributed by atoms with Gasteiger partial charge in [-0.15, -0.1) is 0 Å². The van der Waals surface area contributed by atoms with Gasteiger partial charge in [-0.2, -0.15) is 0 Å². The van der Waals surface area contributed by atoms with Crippen LogP contribution in [0.5, 0.6) is 0 Å². The van der Waals surface area contributed by atoms with Crippen LogP contribution in [0, 0.1) is 0 Å². The molecule has 1 aliphatic carbocycles. The van der Waals surface area contributed by atoms with Crippen molar-refractivity contribution >= 4 is 19.8 Å². The van der Waals surface area contributed by atoms with E-state index in [0.29, 0.717) is 12.8 Å². The molecule has 0 aromatic heterocycles. The van der Waals surface area contributed by atoms with Crippen LogP contribution < -0.4 is 0 Å². The van der Waals surface area contributed by atoms with E-state index in [9.17, 15) is 44.6 Å². The number of ether oxygens (including phenoxy) is 2. The third-order valence-electron chi connectivity index (χ3n) is 10.7. The van der Waals surface area contributed by atoms with Crippen molar-refractivity contribution in [3.63, 3.8) is 0 Å². The molecule has 372 valence electrons. The van der Waals surface area contributed by atoms with E-state index in [1.54, 1.807) is 0 Å². The van der Waals surface area contributed by atoms with E-state index in [1.165, 1.54) is 38.5 Å². The molecule has 6 unspecified atom stereocenters. The Bertz CT molecular complexity index is 1460. The molecule has 13 nitrogen and oxygen atoms in total. The molecule has 0 saturated heterocycles. The molecule has 0 bridgehead atoms. The minimum atomic E-state index is -5.14. The lowest BCUT2D eigenvalue weighted by Gasteiger charge is -2.41. The van der Waals surface area contributed by atoms with Gasteiger partial charge in [-0.05, 0) is 96.3 Å². The zero-order valence-corrected chi connectivity index (χ0v) is 40.4. The second-order valence-electron chi connectivity index (χ2n) is 16.6. The van der Waals surface area contributed by atoms with Crippen LogP contribution in [0.2, 0.25) is 0 Å². The Morgan fingerprint density at radius 1 is 0.477 bits per heavy atom. The average molecular weight is 937 g/mol. The molecule has 1 saturated carbocycles. The van der Waals surface area contributed by atoms with Gasteiger partial charge >= 0.3 is 19.8 Å². The SMILES string of the molecule is CCCCC/C=C\C/C=C\C/C=C\C/C=C\CCCCCC(=O)OC[C@H](COP(=O)(O)OC1C(O)C(O)C(O)[C@@H](O)C1O)OC(=O)CCCCCC/C=C\C/C=C\C/C=C\CCCCC. The fourth-order valence-electron chi connectivity index (χ4n) is 6.75. The van der Waals surface area contributed by atoms with Crippen LogP contribution in [0.1, 0.15) is 168 Å². The summed E-state index contributed by atoms with van der Waals surface area (Å²) in [5.41, 5.74) is 0. The molecule has 6 N–H and O–H groups in total. The van der Waals surface area contributed by atoms with Gasteiger partial charge in [0.1, 0.15) is 43.2 Å². The van der Waals surface area contributed by atoms with Gasteiger partial charge in [-0.25, -0.2) is 4.57 Å². The van der Waals surface area contributed by atoms with Gasteiger partial charge in [-0.3, -0.25) is 18.6 Å². The number of unbranched alkanes of at least 4 members (excludes halogenated alkanes) is 13. The van der Waals surface area contributed by atoms with Crippen molar-refractivity contribution in [1.82, 2.24) is 0 Å². The standard InChI is InChI=1S/C51H85O13P/c1-3-5-7-9-11-13-15-17-19-21-22-24-25-27-29-31-33-35-37-39-44(52)61-41-43(42-62-65(59,60)64-51-49(57)47(55)46(54)48(56)50(51)58)63-45(53)40-38-36-34-32-30-28-26-23-20-18-16-14-12-10-8-6-4-2/h11-14,17-20,22,24,26-29,43,46-51,54-58H,3-10,15-16,21,23,25,30-42H2,1-2H3,(H,59,60)/b13-11-,14-12-,19-17-,20-18-,24-22-,28-26-,29-27-/t43-,46?,47-,48?,49?,50?,51?/m1/s1. The van der Waals surface area contributed by atoms with Crippen molar-refractivity contribution in [1.29, 1.82) is 0 Å². The Morgan fingerprint density at radius 2 is 0.831 bits per heavy atom. The molecule has 0 aliphatic heterocycles. The topological polar surface area (TPSA) is 210 Å². The maximum Gasteiger partial charge on any atom is 0.472 e. The lowest BCUT2D eigenvalue weighted by Crippen LogP contribution is -2.64. The van der Waals surface area contributed by atoms with Crippen LogP contribution in [0.25, 0.3) is 0 Å². The molecule has 0 aromatic rings. The predicted octanol–water partition coefficient (Wildman–Crippen LogP) is 10.1. The number of phosphoric acid groups is 1. The number of esters is 2. The largest absolute Gasteiger partial charge is 0.472 e. The molecule has 0 spiro atoms. The van der Waals surface area contributed by atoms with Crippen LogP contribution in [0.15, 0.2) is 85.1 Å². The van der Waals surface area contributed by atoms with Crippen LogP contribution in [0.3, 0.4) is 0 Å². The highest BCUT2D eigenvalue weighted by atomic mass is 31.2. The molecule has 0 radical (unpaired) electrons. The number of allylic oxidation sites excluding steroid dienone is 14. The maximum atomic E-state index is 12.8. The second-order valence-corrected chi connectivity index (χ2v) is 18.0. The lowest BCUT2D eigenvalue weighted by molar-refractivity contribution is -0.220. The van der Waals surface area contributed by atoms with E-state index in [4.69, 9.17) is 18.5 Å². The van der Waals surface area contributed by atoms with Gasteiger partial charge in [-0.1, -0.05) is 144 Å². The molecule has 65 heavy (non-hydrogen) atoms. The van der Waals surface area contributed by atoms with Crippen LogP contribution >= 0.6 is 7.82 Å². The molecule has 8 atom stereocenters. The van der Waals surface area contributed by atoms with Crippen LogP contribution in [0.4, 0.5) is 0 Å². The van der Waals surface area contributed by atoms with Gasteiger partial charge in [0, 0.05) is 12.8 Å². The second kappa shape index (κ2) is 40.1. The predicted molar refractivity (Wildman–Crippen MR) is 258 cm³/mol. The number of phosphoric ester groups is 1. The number of aliphatic hydroxyl groups is 5. The number of rotatable bonds is 39. The zero-order valence-electron chi connectivity index (χ0n) is 39.5. The van der Waals surface area contributed by atoms with Crippen molar-refractivity contribution in [2.45, 2.75) is 211 Å². The molecule has 1 aliphatic rings. The normalized spacial score (nSPS) is 22.2. The Balaban J connectivity index is 2.49. The van der Waals surface area contributed by atoms with E-state index < -0.39 is 75.7 Å². The van der Waals surface area contributed by atoms with Crippen molar-refractivity contribution in [3.05, 3.63) is 85.1 Å². The van der Waals surface area contributed by atoms with E-state index >= 15 is 0 Å². The summed E-state index contributed by atoms with van der Waals surface area (Å²) < 4.78 is 33.5. The molecule has 1 fully saturated rings. The van der Waals surface area contributed by atoms with Gasteiger partial charge in [0.05, 0.1) is 6.61 Å². The number of hydrogen-bond donors (Lipinski definition) is 6. The van der Waals surface area contributed by atoms with Gasteiger partial charge < -0.3 is 39.9 Å². The highest BCUT2D eigenvalue weighted by Gasteiger charge is 2.51. The molecule has 0 heterocycles. The number of hydrogen-bond acceptors (Lipinski definition) is 12. The molecular formula is C51H85O13P. The molecule has 0 aromatic carbocycles. The van der Waals surface area contributed by atoms with Crippen LogP contribution in [-0.4, -0.2) is 98.3 Å². The van der Waals surface area contributed by atoms with Crippen molar-refractivity contribution < 1.29 is 63.1 Å². The monoisotopic (exact) mass is 937 g/mol. The summed E-state index contributed by atoms with van der Waals surface area (Å²) in [7, 11) is -5.14. The third kappa shape index (κ3) is 32.4. The van der Waals surface area contributed by atoms with Crippen molar-refractivity contribution in [2.75, 3.05) is 13.2 Å². The minimum Gasteiger partial charge on any atom is -0.462 e. The fourth-order valence-corrected chi connectivity index (χ4v) is 7.72. The number of carbonyl (C=O) groups excluding carboxylic acids is 2. The van der Waals surface area contributed by atoms with Gasteiger partial charge in [0.25, 0.3) is 0 Å². The summed E-state index contributed by atoms with van der Waals surface area (Å²) in [4.78, 5) is 35.8. The van der Waals surface area contributed by atoms with E-state index in [2.05, 4.69) is 98.9 Å². The van der Waals surface area contributed by atoms with Gasteiger partial charge in [0.15, 0.2) is 6.10 Å². The first kappa shape index (κ1) is 60.0. The first-order valence-electron chi connectivity index (χ1n) is 24.4. The van der Waals surface area contributed by atoms with E-state index in [1.807, 2.05) is 0 Å². The summed E-state index contributed by atoms with van der Waals surface area (Å²) in [6.45, 7) is 3.19. The molecule has 1 rings (SSSR count). The Kier molecular flexibility index (Phi) is 37.1. The average Bonchev–Trinajstić information content (AvgIpc) is 3.29. The van der Waals surface area contributed by atoms with E-state index in [0.717, 1.165) is 89.9 Å². The van der Waals surface area contributed by atoms with E-state index in [-0.39, 0.29) is 12.8 Å². The first-order chi connectivity index (χ1) is 31.4. The maximum absolute atomic E-state index is 12.8. The summed E-state index contributed by atoms with van der Waals surface area (Å²) in [6.07, 6.45) is 39.1. The summed E-state index contributed by atoms with van der Waals surface area (Å²) in [5, 5.41) is 50.2. The Morgan fingerprint density at radius 3 is 1.26 bits per heavy atom. The summed E-state index contributed by atoms with van der Waals surface area (Å²) in [5.74, 6) is -1.17. The Hall–Kier alpha value is -2.97. The quantitative estimate of drug-likeness (QED) is 0.0147. The number of carbonyl (C=O) groups is 2. The highest BCUT2D eigenvalue weighted by Crippen LogP contribution is 2.47. The summed E-state index contributed by atoms with van der Waals surface area (Å²) in [6, 6.07) is 0. The van der Waals surface area contributed by atoms with Gasteiger partial charge in [0.2, 0.25) is 0 Å². The molecule has 14 heteroatoms. The highest BCUT2D eigenvalue weighted by molar-refractivity contribution is 7.47. The third-order valence-corrected chi connectivity index (χ3v) is 11.7. The van der Waals surface area contributed by atoms with Crippen molar-refractivity contribution in [3.8, 4) is 0 Å². The minimum absolute atomic E-state index is 0.0589. The summed E-state index contributed by atoms with van der Waals surface area (Å²) >= 11 is 0. The van der Waals surface area contributed by atoms with Crippen LogP contribution in [-0.2, 0) is 32.7 Å².